The number of nitrogens with one attached hydrogen (secondary N) is 3. The van der Waals surface area contributed by atoms with Crippen molar-refractivity contribution in [3.05, 3.63) is 59.2 Å². The molecule has 0 saturated heterocycles. The highest BCUT2D eigenvalue weighted by molar-refractivity contribution is 7.89. The lowest BCUT2D eigenvalue weighted by molar-refractivity contribution is 0.296. The van der Waals surface area contributed by atoms with Gasteiger partial charge in [0.05, 0.1) is 11.5 Å². The topological polar surface area (TPSA) is 91.8 Å². The molecule has 0 heterocycles. The molecule has 7 nitrogen and oxygen atoms in total. The highest BCUT2D eigenvalue weighted by Crippen LogP contribution is 2.30. The van der Waals surface area contributed by atoms with Crippen LogP contribution < -0.4 is 20.1 Å². The van der Waals surface area contributed by atoms with Gasteiger partial charge in [-0.1, -0.05) is 24.3 Å². The van der Waals surface area contributed by atoms with Gasteiger partial charge in [-0.2, -0.15) is 0 Å². The lowest BCUT2D eigenvalue weighted by Gasteiger charge is -2.15. The van der Waals surface area contributed by atoms with Crippen molar-refractivity contribution in [2.24, 2.45) is 10.9 Å². The summed E-state index contributed by atoms with van der Waals surface area (Å²) in [6, 6.07) is 13.0. The molecule has 0 bridgehead atoms. The number of ether oxygens (including phenoxy) is 1. The van der Waals surface area contributed by atoms with Crippen LogP contribution in [0.2, 0.25) is 0 Å². The lowest BCUT2D eigenvalue weighted by atomic mass is 10.1. The summed E-state index contributed by atoms with van der Waals surface area (Å²) in [4.78, 5) is 4.51. The van der Waals surface area contributed by atoms with Crippen LogP contribution in [-0.4, -0.2) is 35.1 Å². The molecule has 1 aliphatic carbocycles. The van der Waals surface area contributed by atoms with E-state index >= 15 is 0 Å². The van der Waals surface area contributed by atoms with Crippen molar-refractivity contribution in [2.45, 2.75) is 37.8 Å². The molecule has 1 fully saturated rings. The molecular weight excluding hydrogens is 400 g/mol. The smallest absolute Gasteiger partial charge is 0.240 e. The van der Waals surface area contributed by atoms with Crippen molar-refractivity contribution in [1.82, 2.24) is 15.4 Å². The Morgan fingerprint density at radius 3 is 2.43 bits per heavy atom. The largest absolute Gasteiger partial charge is 0.493 e. The molecule has 0 amide bonds. The van der Waals surface area contributed by atoms with Gasteiger partial charge in [-0.05, 0) is 62.1 Å². The molecule has 162 valence electrons. The number of benzene rings is 2. The Labute approximate surface area is 179 Å². The number of sulfonamides is 1. The van der Waals surface area contributed by atoms with Gasteiger partial charge in [-0.25, -0.2) is 13.1 Å². The molecule has 3 rings (SSSR count). The first-order valence-corrected chi connectivity index (χ1v) is 11.6. The normalized spacial score (nSPS) is 14.4. The molecule has 0 unspecified atom stereocenters. The number of aryl methyl sites for hydroxylation is 1. The van der Waals surface area contributed by atoms with E-state index in [2.05, 4.69) is 45.5 Å². The standard InChI is InChI=1S/C22H30N4O3S/c1-16-4-9-19(21(12-16)29-15-18-5-6-18)14-26-22(23-2)25-13-17-7-10-20(11-8-17)30(27,28)24-3/h4,7-12,18,24H,5-6,13-15H2,1-3H3,(H2,23,25,26). The number of aliphatic imine (C=N–C) groups is 1. The Bertz CT molecular complexity index is 984. The Balaban J connectivity index is 1.55. The first kappa shape index (κ1) is 22.1. The fraction of sp³-hybridized carbons (Fsp3) is 0.409. The molecule has 0 aromatic heterocycles. The summed E-state index contributed by atoms with van der Waals surface area (Å²) < 4.78 is 32.0. The second kappa shape index (κ2) is 9.95. The Morgan fingerprint density at radius 1 is 1.10 bits per heavy atom. The van der Waals surface area contributed by atoms with E-state index in [1.165, 1.54) is 25.5 Å². The minimum Gasteiger partial charge on any atom is -0.493 e. The van der Waals surface area contributed by atoms with Gasteiger partial charge in [0.1, 0.15) is 5.75 Å². The van der Waals surface area contributed by atoms with Crippen molar-refractivity contribution < 1.29 is 13.2 Å². The van der Waals surface area contributed by atoms with E-state index in [1.54, 1.807) is 31.3 Å². The minimum atomic E-state index is -3.42. The Morgan fingerprint density at radius 2 is 1.80 bits per heavy atom. The monoisotopic (exact) mass is 430 g/mol. The van der Waals surface area contributed by atoms with E-state index in [4.69, 9.17) is 4.74 Å². The van der Waals surface area contributed by atoms with E-state index < -0.39 is 10.0 Å². The first-order valence-electron chi connectivity index (χ1n) is 10.1. The van der Waals surface area contributed by atoms with Crippen molar-refractivity contribution in [1.29, 1.82) is 0 Å². The Hall–Kier alpha value is -2.58. The third-order valence-corrected chi connectivity index (χ3v) is 6.46. The highest BCUT2D eigenvalue weighted by Gasteiger charge is 2.22. The average Bonchev–Trinajstić information content (AvgIpc) is 3.58. The second-order valence-electron chi connectivity index (χ2n) is 7.50. The van der Waals surface area contributed by atoms with Crippen LogP contribution in [0.25, 0.3) is 0 Å². The predicted octanol–water partition coefficient (Wildman–Crippen LogP) is 2.56. The zero-order valence-electron chi connectivity index (χ0n) is 17.7. The summed E-state index contributed by atoms with van der Waals surface area (Å²) in [6.45, 7) is 3.97. The number of hydrogen-bond acceptors (Lipinski definition) is 4. The first-order chi connectivity index (χ1) is 14.4. The number of guanidine groups is 1. The molecule has 3 N–H and O–H groups in total. The van der Waals surface area contributed by atoms with Gasteiger partial charge in [0.2, 0.25) is 10.0 Å². The fourth-order valence-corrected chi connectivity index (χ4v) is 3.65. The van der Waals surface area contributed by atoms with E-state index in [0.29, 0.717) is 25.0 Å². The van der Waals surface area contributed by atoms with Crippen LogP contribution in [-0.2, 0) is 23.1 Å². The number of rotatable bonds is 9. The van der Waals surface area contributed by atoms with Crippen molar-refractivity contribution >= 4 is 16.0 Å². The van der Waals surface area contributed by atoms with Crippen LogP contribution in [0.15, 0.2) is 52.4 Å². The van der Waals surface area contributed by atoms with E-state index in [0.717, 1.165) is 23.5 Å². The van der Waals surface area contributed by atoms with E-state index in [9.17, 15) is 8.42 Å². The van der Waals surface area contributed by atoms with Crippen molar-refractivity contribution in [3.63, 3.8) is 0 Å². The maximum atomic E-state index is 11.8. The molecule has 1 aliphatic rings. The Kier molecular flexibility index (Phi) is 7.33. The van der Waals surface area contributed by atoms with Crippen LogP contribution in [0.1, 0.15) is 29.5 Å². The van der Waals surface area contributed by atoms with Gasteiger partial charge in [0.15, 0.2) is 5.96 Å². The summed E-state index contributed by atoms with van der Waals surface area (Å²) in [6.07, 6.45) is 2.52. The van der Waals surface area contributed by atoms with Crippen molar-refractivity contribution in [3.8, 4) is 5.75 Å². The minimum absolute atomic E-state index is 0.245. The number of nitrogens with zero attached hydrogens (tertiary/aromatic N) is 1. The van der Waals surface area contributed by atoms with Gasteiger partial charge in [0, 0.05) is 25.7 Å². The maximum absolute atomic E-state index is 11.8. The molecule has 2 aromatic rings. The zero-order chi connectivity index (χ0) is 21.6. The molecule has 0 aliphatic heterocycles. The summed E-state index contributed by atoms with van der Waals surface area (Å²) >= 11 is 0. The quantitative estimate of drug-likeness (QED) is 0.420. The van der Waals surface area contributed by atoms with Gasteiger partial charge >= 0.3 is 0 Å². The van der Waals surface area contributed by atoms with E-state index in [1.807, 2.05) is 0 Å². The molecule has 0 radical (unpaired) electrons. The van der Waals surface area contributed by atoms with Gasteiger partial charge in [-0.15, -0.1) is 0 Å². The highest BCUT2D eigenvalue weighted by atomic mass is 32.2. The van der Waals surface area contributed by atoms with Crippen LogP contribution in [0.4, 0.5) is 0 Å². The molecule has 0 spiro atoms. The summed E-state index contributed by atoms with van der Waals surface area (Å²) in [5, 5.41) is 6.57. The van der Waals surface area contributed by atoms with Crippen LogP contribution in [0, 0.1) is 12.8 Å². The third kappa shape index (κ3) is 6.21. The fourth-order valence-electron chi connectivity index (χ4n) is 2.92. The summed E-state index contributed by atoms with van der Waals surface area (Å²) in [5.74, 6) is 2.29. The van der Waals surface area contributed by atoms with E-state index in [-0.39, 0.29) is 4.90 Å². The van der Waals surface area contributed by atoms with Gasteiger partial charge in [-0.3, -0.25) is 4.99 Å². The van der Waals surface area contributed by atoms with Gasteiger partial charge in [0.25, 0.3) is 0 Å². The van der Waals surface area contributed by atoms with Gasteiger partial charge < -0.3 is 15.4 Å². The SMILES string of the molecule is CN=C(NCc1ccc(S(=O)(=O)NC)cc1)NCc1ccc(C)cc1OCC1CC1. The van der Waals surface area contributed by atoms with Crippen LogP contribution in [0.5, 0.6) is 5.75 Å². The summed E-state index contributed by atoms with van der Waals surface area (Å²) in [7, 11) is -0.303. The maximum Gasteiger partial charge on any atom is 0.240 e. The van der Waals surface area contributed by atoms with Crippen LogP contribution in [0.3, 0.4) is 0 Å². The molecule has 2 aromatic carbocycles. The van der Waals surface area contributed by atoms with Crippen molar-refractivity contribution in [2.75, 3.05) is 20.7 Å². The average molecular weight is 431 g/mol. The zero-order valence-corrected chi connectivity index (χ0v) is 18.6. The third-order valence-electron chi connectivity index (χ3n) is 5.03. The second-order valence-corrected chi connectivity index (χ2v) is 9.38. The predicted molar refractivity (Wildman–Crippen MR) is 119 cm³/mol. The molecule has 8 heteroatoms. The summed E-state index contributed by atoms with van der Waals surface area (Å²) in [5.41, 5.74) is 3.22. The lowest BCUT2D eigenvalue weighted by Crippen LogP contribution is -2.36. The molecule has 30 heavy (non-hydrogen) atoms. The molecular formula is C22H30N4O3S. The van der Waals surface area contributed by atoms with Crippen LogP contribution >= 0.6 is 0 Å². The number of hydrogen-bond donors (Lipinski definition) is 3. The molecule has 0 atom stereocenters. The molecule has 1 saturated carbocycles.